The fraction of sp³-hybridized carbons (Fsp3) is 0.571. The molecule has 0 aromatic carbocycles. The Hall–Kier alpha value is -2.09. The highest BCUT2D eigenvalue weighted by atomic mass is 19.1. The minimum absolute atomic E-state index is 0.267. The first-order valence-corrected chi connectivity index (χ1v) is 7.42. The number of rotatable bonds is 4. The van der Waals surface area contributed by atoms with Gasteiger partial charge in [0.05, 0.1) is 25.0 Å². The molecule has 0 spiro atoms. The standard InChI is InChI=1S/C14H19FN6O/c1-2-11-12(15)13(17-10-16-11)20-6-3-4-14(22,8-20)9-21-7-5-18-19-21/h5,7,10,22H,2-4,6,8-9H2,1H3. The summed E-state index contributed by atoms with van der Waals surface area (Å²) in [6.07, 6.45) is 6.56. The van der Waals surface area contributed by atoms with Crippen LogP contribution in [0.3, 0.4) is 0 Å². The summed E-state index contributed by atoms with van der Waals surface area (Å²) in [4.78, 5) is 9.81. The molecule has 3 heterocycles. The van der Waals surface area contributed by atoms with Crippen molar-refractivity contribution in [2.24, 2.45) is 0 Å². The predicted molar refractivity (Wildman–Crippen MR) is 77.8 cm³/mol. The van der Waals surface area contributed by atoms with Crippen LogP contribution in [0.1, 0.15) is 25.5 Å². The molecule has 1 aliphatic rings. The number of anilines is 1. The van der Waals surface area contributed by atoms with Crippen molar-refractivity contribution in [2.45, 2.75) is 38.3 Å². The number of aliphatic hydroxyl groups is 1. The molecule has 0 bridgehead atoms. The van der Waals surface area contributed by atoms with E-state index in [-0.39, 0.29) is 5.82 Å². The van der Waals surface area contributed by atoms with Gasteiger partial charge in [0.15, 0.2) is 11.6 Å². The first kappa shape index (κ1) is 14.8. The van der Waals surface area contributed by atoms with Crippen molar-refractivity contribution in [3.63, 3.8) is 0 Å². The molecule has 3 rings (SSSR count). The average Bonchev–Trinajstić information content (AvgIpc) is 2.99. The van der Waals surface area contributed by atoms with E-state index in [1.165, 1.54) is 6.33 Å². The molecular weight excluding hydrogens is 287 g/mol. The number of aryl methyl sites for hydroxylation is 1. The first-order chi connectivity index (χ1) is 10.6. The molecule has 1 unspecified atom stereocenters. The highest BCUT2D eigenvalue weighted by molar-refractivity contribution is 5.42. The van der Waals surface area contributed by atoms with Crippen molar-refractivity contribution < 1.29 is 9.50 Å². The van der Waals surface area contributed by atoms with E-state index in [0.717, 1.165) is 6.42 Å². The Kier molecular flexibility index (Phi) is 4.02. The molecule has 8 heteroatoms. The van der Waals surface area contributed by atoms with Crippen LogP contribution in [0.25, 0.3) is 0 Å². The van der Waals surface area contributed by atoms with Gasteiger partial charge < -0.3 is 10.0 Å². The first-order valence-electron chi connectivity index (χ1n) is 7.42. The quantitative estimate of drug-likeness (QED) is 0.900. The van der Waals surface area contributed by atoms with Crippen LogP contribution in [0, 0.1) is 5.82 Å². The lowest BCUT2D eigenvalue weighted by Gasteiger charge is -2.39. The molecule has 22 heavy (non-hydrogen) atoms. The Morgan fingerprint density at radius 1 is 1.41 bits per heavy atom. The molecule has 1 N–H and O–H groups in total. The summed E-state index contributed by atoms with van der Waals surface area (Å²) >= 11 is 0. The fourth-order valence-electron chi connectivity index (χ4n) is 2.90. The summed E-state index contributed by atoms with van der Waals surface area (Å²) in [5, 5.41) is 18.4. The van der Waals surface area contributed by atoms with Crippen LogP contribution in [0.4, 0.5) is 10.2 Å². The summed E-state index contributed by atoms with van der Waals surface area (Å²) in [7, 11) is 0. The Morgan fingerprint density at radius 3 is 3.00 bits per heavy atom. The van der Waals surface area contributed by atoms with E-state index in [1.54, 1.807) is 22.0 Å². The average molecular weight is 306 g/mol. The van der Waals surface area contributed by atoms with Gasteiger partial charge in [-0.15, -0.1) is 5.10 Å². The summed E-state index contributed by atoms with van der Waals surface area (Å²) in [6.45, 7) is 3.16. The summed E-state index contributed by atoms with van der Waals surface area (Å²) in [5.41, 5.74) is -0.578. The topological polar surface area (TPSA) is 80.0 Å². The smallest absolute Gasteiger partial charge is 0.187 e. The maximum Gasteiger partial charge on any atom is 0.187 e. The van der Waals surface area contributed by atoms with E-state index in [0.29, 0.717) is 38.2 Å². The van der Waals surface area contributed by atoms with Crippen LogP contribution in [0.15, 0.2) is 18.7 Å². The maximum atomic E-state index is 14.4. The van der Waals surface area contributed by atoms with Crippen LogP contribution in [0.2, 0.25) is 0 Å². The lowest BCUT2D eigenvalue weighted by molar-refractivity contribution is 0.00569. The second-order valence-electron chi connectivity index (χ2n) is 5.66. The van der Waals surface area contributed by atoms with Gasteiger partial charge in [0.25, 0.3) is 0 Å². The molecule has 0 aliphatic carbocycles. The van der Waals surface area contributed by atoms with Gasteiger partial charge in [-0.3, -0.25) is 0 Å². The van der Waals surface area contributed by atoms with Crippen LogP contribution >= 0.6 is 0 Å². The van der Waals surface area contributed by atoms with Crippen LogP contribution in [-0.4, -0.2) is 48.8 Å². The van der Waals surface area contributed by atoms with Crippen molar-refractivity contribution in [1.82, 2.24) is 25.0 Å². The van der Waals surface area contributed by atoms with Crippen molar-refractivity contribution in [3.8, 4) is 0 Å². The SMILES string of the molecule is CCc1ncnc(N2CCCC(O)(Cn3ccnn3)C2)c1F. The molecule has 118 valence electrons. The molecule has 1 aliphatic heterocycles. The Morgan fingerprint density at radius 2 is 2.27 bits per heavy atom. The van der Waals surface area contributed by atoms with Crippen LogP contribution < -0.4 is 4.90 Å². The molecule has 0 radical (unpaired) electrons. The molecule has 7 nitrogen and oxygen atoms in total. The number of aromatic nitrogens is 5. The zero-order chi connectivity index (χ0) is 15.6. The van der Waals surface area contributed by atoms with Gasteiger partial charge in [0.2, 0.25) is 0 Å². The number of halogens is 1. The third kappa shape index (κ3) is 2.92. The van der Waals surface area contributed by atoms with E-state index >= 15 is 0 Å². The number of hydrogen-bond acceptors (Lipinski definition) is 6. The molecule has 0 amide bonds. The van der Waals surface area contributed by atoms with Gasteiger partial charge in [-0.2, -0.15) is 0 Å². The van der Waals surface area contributed by atoms with Crippen molar-refractivity contribution in [3.05, 3.63) is 30.2 Å². The van der Waals surface area contributed by atoms with E-state index < -0.39 is 11.4 Å². The van der Waals surface area contributed by atoms with Crippen molar-refractivity contribution in [1.29, 1.82) is 0 Å². The third-order valence-corrected chi connectivity index (χ3v) is 3.96. The molecule has 2 aromatic rings. The Bertz CT molecular complexity index is 634. The number of hydrogen-bond donors (Lipinski definition) is 1. The van der Waals surface area contributed by atoms with E-state index in [2.05, 4.69) is 20.3 Å². The molecule has 1 atom stereocenters. The summed E-state index contributed by atoms with van der Waals surface area (Å²) in [6, 6.07) is 0. The maximum absolute atomic E-state index is 14.4. The summed E-state index contributed by atoms with van der Waals surface area (Å²) in [5.74, 6) is -0.126. The number of piperidine rings is 1. The Labute approximate surface area is 127 Å². The van der Waals surface area contributed by atoms with E-state index in [4.69, 9.17) is 0 Å². The van der Waals surface area contributed by atoms with Gasteiger partial charge >= 0.3 is 0 Å². The van der Waals surface area contributed by atoms with Gasteiger partial charge in [0, 0.05) is 12.7 Å². The van der Waals surface area contributed by atoms with E-state index in [9.17, 15) is 9.50 Å². The van der Waals surface area contributed by atoms with Gasteiger partial charge in [-0.1, -0.05) is 12.1 Å². The second kappa shape index (κ2) is 5.96. The minimum Gasteiger partial charge on any atom is -0.386 e. The number of nitrogens with zero attached hydrogens (tertiary/aromatic N) is 6. The monoisotopic (exact) mass is 306 g/mol. The zero-order valence-electron chi connectivity index (χ0n) is 12.5. The predicted octanol–water partition coefficient (Wildman–Crippen LogP) is 0.801. The third-order valence-electron chi connectivity index (χ3n) is 3.96. The van der Waals surface area contributed by atoms with Crippen molar-refractivity contribution >= 4 is 5.82 Å². The van der Waals surface area contributed by atoms with Gasteiger partial charge in [-0.05, 0) is 19.3 Å². The largest absolute Gasteiger partial charge is 0.386 e. The zero-order valence-corrected chi connectivity index (χ0v) is 12.5. The molecule has 1 saturated heterocycles. The van der Waals surface area contributed by atoms with Crippen LogP contribution in [0.5, 0.6) is 0 Å². The molecular formula is C14H19FN6O. The second-order valence-corrected chi connectivity index (χ2v) is 5.66. The normalized spacial score (nSPS) is 22.0. The molecule has 0 saturated carbocycles. The highest BCUT2D eigenvalue weighted by Gasteiger charge is 2.35. The lowest BCUT2D eigenvalue weighted by Crippen LogP contribution is -2.51. The van der Waals surface area contributed by atoms with Crippen LogP contribution in [-0.2, 0) is 13.0 Å². The minimum atomic E-state index is -0.976. The van der Waals surface area contributed by atoms with E-state index in [1.807, 2.05) is 6.92 Å². The number of β-amino-alcohol motifs (C(OH)–C–C–N with tert-alkyl or cyclic N) is 1. The highest BCUT2D eigenvalue weighted by Crippen LogP contribution is 2.28. The fourth-order valence-corrected chi connectivity index (χ4v) is 2.90. The van der Waals surface area contributed by atoms with Crippen molar-refractivity contribution in [2.75, 3.05) is 18.0 Å². The van der Waals surface area contributed by atoms with Gasteiger partial charge in [0.1, 0.15) is 11.9 Å². The summed E-state index contributed by atoms with van der Waals surface area (Å²) < 4.78 is 16.0. The lowest BCUT2D eigenvalue weighted by atomic mass is 9.92. The Balaban J connectivity index is 1.81. The molecule has 2 aromatic heterocycles. The molecule has 1 fully saturated rings. The van der Waals surface area contributed by atoms with Gasteiger partial charge in [-0.25, -0.2) is 19.0 Å².